The molecule has 0 bridgehead atoms. The lowest BCUT2D eigenvalue weighted by atomic mass is 10.1. The van der Waals surface area contributed by atoms with Crippen LogP contribution in [0.2, 0.25) is 0 Å². The topological polar surface area (TPSA) is 67.6 Å². The van der Waals surface area contributed by atoms with Crippen molar-refractivity contribution >= 4 is 17.3 Å². The smallest absolute Gasteiger partial charge is 0.241 e. The molecule has 116 valence electrons. The monoisotopic (exact) mass is 295 g/mol. The fourth-order valence-corrected chi connectivity index (χ4v) is 2.58. The molecule has 1 aromatic rings. The van der Waals surface area contributed by atoms with Gasteiger partial charge in [-0.05, 0) is 39.0 Å². The van der Waals surface area contributed by atoms with Crippen molar-refractivity contribution in [3.63, 3.8) is 0 Å². The van der Waals surface area contributed by atoms with E-state index in [-0.39, 0.29) is 29.8 Å². The first-order valence-electron chi connectivity index (χ1n) is 7.12. The maximum atomic E-state index is 13.0. The number of morpholine rings is 1. The number of nitrogens with zero attached hydrogens (tertiary/aromatic N) is 1. The molecule has 6 heteroatoms. The zero-order valence-corrected chi connectivity index (χ0v) is 12.6. The SMILES string of the molecule is CC1CN(C(C)C(=O)Nc2ccc(F)cc2N)CC(C)O1. The van der Waals surface area contributed by atoms with Gasteiger partial charge in [-0.25, -0.2) is 4.39 Å². The number of rotatable bonds is 3. The number of nitrogen functional groups attached to an aromatic ring is 1. The van der Waals surface area contributed by atoms with Gasteiger partial charge in [0.2, 0.25) is 5.91 Å². The maximum absolute atomic E-state index is 13.0. The standard InChI is InChI=1S/C15H22FN3O2/c1-9-7-19(8-10(2)21-9)11(3)15(20)18-14-5-4-12(16)6-13(14)17/h4-6,9-11H,7-8,17H2,1-3H3,(H,18,20). The van der Waals surface area contributed by atoms with Gasteiger partial charge in [0.25, 0.3) is 0 Å². The van der Waals surface area contributed by atoms with Crippen molar-refractivity contribution in [2.45, 2.75) is 39.0 Å². The summed E-state index contributed by atoms with van der Waals surface area (Å²) in [5.41, 5.74) is 6.36. The van der Waals surface area contributed by atoms with Crippen molar-refractivity contribution < 1.29 is 13.9 Å². The number of hydrogen-bond donors (Lipinski definition) is 2. The van der Waals surface area contributed by atoms with E-state index in [1.54, 1.807) is 0 Å². The number of amides is 1. The Kier molecular flexibility index (Phi) is 4.80. The third-order valence-corrected chi connectivity index (χ3v) is 3.65. The summed E-state index contributed by atoms with van der Waals surface area (Å²) in [5, 5.41) is 2.75. The molecule has 0 aliphatic carbocycles. The lowest BCUT2D eigenvalue weighted by Crippen LogP contribution is -2.52. The summed E-state index contributed by atoms with van der Waals surface area (Å²) in [6.07, 6.45) is 0.194. The van der Waals surface area contributed by atoms with E-state index in [9.17, 15) is 9.18 Å². The fraction of sp³-hybridized carbons (Fsp3) is 0.533. The number of nitrogens with one attached hydrogen (secondary N) is 1. The van der Waals surface area contributed by atoms with E-state index < -0.39 is 5.82 Å². The van der Waals surface area contributed by atoms with Crippen LogP contribution in [-0.4, -0.2) is 42.1 Å². The number of ether oxygens (including phenoxy) is 1. The van der Waals surface area contributed by atoms with Crippen LogP contribution in [0.25, 0.3) is 0 Å². The number of carbonyl (C=O) groups excluding carboxylic acids is 1. The summed E-state index contributed by atoms with van der Waals surface area (Å²) in [6, 6.07) is 3.64. The number of carbonyl (C=O) groups is 1. The molecule has 1 aromatic carbocycles. The summed E-state index contributed by atoms with van der Waals surface area (Å²) < 4.78 is 18.7. The minimum Gasteiger partial charge on any atom is -0.397 e. The van der Waals surface area contributed by atoms with Gasteiger partial charge in [0.05, 0.1) is 29.6 Å². The largest absolute Gasteiger partial charge is 0.397 e. The highest BCUT2D eigenvalue weighted by Crippen LogP contribution is 2.20. The Balaban J connectivity index is 2.02. The van der Waals surface area contributed by atoms with Gasteiger partial charge in [-0.2, -0.15) is 0 Å². The van der Waals surface area contributed by atoms with E-state index in [1.807, 2.05) is 20.8 Å². The molecule has 1 saturated heterocycles. The second-order valence-corrected chi connectivity index (χ2v) is 5.61. The number of hydrogen-bond acceptors (Lipinski definition) is 4. The number of anilines is 2. The second-order valence-electron chi connectivity index (χ2n) is 5.61. The predicted octanol–water partition coefficient (Wildman–Crippen LogP) is 1.84. The Bertz CT molecular complexity index is 514. The molecule has 5 nitrogen and oxygen atoms in total. The average molecular weight is 295 g/mol. The summed E-state index contributed by atoms with van der Waals surface area (Å²) in [4.78, 5) is 14.4. The maximum Gasteiger partial charge on any atom is 0.241 e. The lowest BCUT2D eigenvalue weighted by Gasteiger charge is -2.38. The van der Waals surface area contributed by atoms with Gasteiger partial charge in [0, 0.05) is 13.1 Å². The fourth-order valence-electron chi connectivity index (χ4n) is 2.58. The van der Waals surface area contributed by atoms with Crippen LogP contribution in [0.5, 0.6) is 0 Å². The molecule has 1 heterocycles. The van der Waals surface area contributed by atoms with Crippen LogP contribution in [0.15, 0.2) is 18.2 Å². The summed E-state index contributed by atoms with van der Waals surface area (Å²) in [6.45, 7) is 7.24. The summed E-state index contributed by atoms with van der Waals surface area (Å²) >= 11 is 0. The first-order valence-corrected chi connectivity index (χ1v) is 7.12. The first kappa shape index (κ1) is 15.7. The first-order chi connectivity index (χ1) is 9.86. The van der Waals surface area contributed by atoms with Gasteiger partial charge in [0.15, 0.2) is 0 Å². The molecule has 0 aromatic heterocycles. The molecular formula is C15H22FN3O2. The van der Waals surface area contributed by atoms with Crippen molar-refractivity contribution in [2.75, 3.05) is 24.1 Å². The van der Waals surface area contributed by atoms with Crippen molar-refractivity contribution in [3.05, 3.63) is 24.0 Å². The molecule has 2 rings (SSSR count). The van der Waals surface area contributed by atoms with Gasteiger partial charge < -0.3 is 15.8 Å². The molecular weight excluding hydrogens is 273 g/mol. The Morgan fingerprint density at radius 3 is 2.62 bits per heavy atom. The van der Waals surface area contributed by atoms with Gasteiger partial charge in [0.1, 0.15) is 5.82 Å². The molecule has 21 heavy (non-hydrogen) atoms. The molecule has 0 saturated carbocycles. The van der Waals surface area contributed by atoms with Crippen LogP contribution < -0.4 is 11.1 Å². The highest BCUT2D eigenvalue weighted by molar-refractivity contribution is 5.97. The van der Waals surface area contributed by atoms with E-state index in [4.69, 9.17) is 10.5 Å². The molecule has 1 aliphatic heterocycles. The normalized spacial score (nSPS) is 24.6. The van der Waals surface area contributed by atoms with Crippen LogP contribution in [-0.2, 0) is 9.53 Å². The molecule has 1 fully saturated rings. The quantitative estimate of drug-likeness (QED) is 0.835. The lowest BCUT2D eigenvalue weighted by molar-refractivity contribution is -0.126. The van der Waals surface area contributed by atoms with E-state index in [0.717, 1.165) is 0 Å². The number of halogens is 1. The Morgan fingerprint density at radius 2 is 2.05 bits per heavy atom. The molecule has 3 N–H and O–H groups in total. The molecule has 0 spiro atoms. The molecule has 3 unspecified atom stereocenters. The Hall–Kier alpha value is -1.66. The van der Waals surface area contributed by atoms with Crippen molar-refractivity contribution in [2.24, 2.45) is 0 Å². The zero-order chi connectivity index (χ0) is 15.6. The van der Waals surface area contributed by atoms with E-state index in [1.165, 1.54) is 18.2 Å². The van der Waals surface area contributed by atoms with Crippen LogP contribution in [0, 0.1) is 5.82 Å². The van der Waals surface area contributed by atoms with Crippen LogP contribution >= 0.6 is 0 Å². The number of benzene rings is 1. The second kappa shape index (κ2) is 6.41. The van der Waals surface area contributed by atoms with Crippen LogP contribution in [0.4, 0.5) is 15.8 Å². The van der Waals surface area contributed by atoms with Gasteiger partial charge in [-0.3, -0.25) is 9.69 Å². The van der Waals surface area contributed by atoms with Crippen LogP contribution in [0.3, 0.4) is 0 Å². The zero-order valence-electron chi connectivity index (χ0n) is 12.6. The van der Waals surface area contributed by atoms with E-state index in [0.29, 0.717) is 18.8 Å². The van der Waals surface area contributed by atoms with Crippen LogP contribution in [0.1, 0.15) is 20.8 Å². The third kappa shape index (κ3) is 3.92. The van der Waals surface area contributed by atoms with Crippen molar-refractivity contribution in [1.82, 2.24) is 4.90 Å². The highest BCUT2D eigenvalue weighted by Gasteiger charge is 2.29. The molecule has 1 aliphatic rings. The van der Waals surface area contributed by atoms with Crippen molar-refractivity contribution in [3.8, 4) is 0 Å². The summed E-state index contributed by atoms with van der Waals surface area (Å²) in [5.74, 6) is -0.580. The van der Waals surface area contributed by atoms with E-state index in [2.05, 4.69) is 10.2 Å². The van der Waals surface area contributed by atoms with Gasteiger partial charge >= 0.3 is 0 Å². The highest BCUT2D eigenvalue weighted by atomic mass is 19.1. The minimum absolute atomic E-state index is 0.0971. The molecule has 0 radical (unpaired) electrons. The molecule has 1 amide bonds. The third-order valence-electron chi connectivity index (χ3n) is 3.65. The summed E-state index contributed by atoms with van der Waals surface area (Å²) in [7, 11) is 0. The van der Waals surface area contributed by atoms with Gasteiger partial charge in [-0.15, -0.1) is 0 Å². The van der Waals surface area contributed by atoms with Crippen molar-refractivity contribution in [1.29, 1.82) is 0 Å². The minimum atomic E-state index is -0.422. The number of nitrogens with two attached hydrogens (primary N) is 1. The molecule has 3 atom stereocenters. The Labute approximate surface area is 124 Å². The average Bonchev–Trinajstić information content (AvgIpc) is 2.40. The van der Waals surface area contributed by atoms with E-state index >= 15 is 0 Å². The predicted molar refractivity (Wildman–Crippen MR) is 80.5 cm³/mol. The Morgan fingerprint density at radius 1 is 1.43 bits per heavy atom. The van der Waals surface area contributed by atoms with Gasteiger partial charge in [-0.1, -0.05) is 0 Å².